The molecular weight excluding hydrogens is 232 g/mol. The molecule has 0 saturated carbocycles. The summed E-state index contributed by atoms with van der Waals surface area (Å²) in [6, 6.07) is 3.39. The molecule has 0 fully saturated rings. The maximum atomic E-state index is 12.0. The molecule has 0 spiro atoms. The number of anilines is 2. The van der Waals surface area contributed by atoms with Crippen molar-refractivity contribution < 1.29 is 4.79 Å². The largest absolute Gasteiger partial charge is 0.373 e. The number of hydrogen-bond donors (Lipinski definition) is 2. The number of rotatable bonds is 3. The van der Waals surface area contributed by atoms with Gasteiger partial charge in [0, 0.05) is 25.4 Å². The first-order chi connectivity index (χ1) is 8.60. The number of carbonyl (C=O) groups is 1. The molecule has 0 saturated heterocycles. The van der Waals surface area contributed by atoms with Crippen LogP contribution in [0.2, 0.25) is 0 Å². The highest BCUT2D eigenvalue weighted by Crippen LogP contribution is 2.11. The molecule has 0 aromatic carbocycles. The van der Waals surface area contributed by atoms with E-state index in [4.69, 9.17) is 0 Å². The second-order valence-corrected chi connectivity index (χ2v) is 3.79. The second kappa shape index (κ2) is 4.82. The van der Waals surface area contributed by atoms with Crippen molar-refractivity contribution in [3.63, 3.8) is 0 Å². The molecule has 0 radical (unpaired) electrons. The summed E-state index contributed by atoms with van der Waals surface area (Å²) in [5.41, 5.74) is 1.29. The Morgan fingerprint density at radius 3 is 2.78 bits per heavy atom. The Balaban J connectivity index is 2.24. The highest BCUT2D eigenvalue weighted by molar-refractivity contribution is 6.03. The summed E-state index contributed by atoms with van der Waals surface area (Å²) in [7, 11) is 3.46. The summed E-state index contributed by atoms with van der Waals surface area (Å²) in [4.78, 5) is 20.2. The minimum Gasteiger partial charge on any atom is -0.373 e. The lowest BCUT2D eigenvalue weighted by molar-refractivity contribution is 0.102. The molecule has 7 nitrogen and oxygen atoms in total. The van der Waals surface area contributed by atoms with Crippen molar-refractivity contribution in [3.8, 4) is 0 Å². The summed E-state index contributed by atoms with van der Waals surface area (Å²) in [5, 5.41) is 9.47. The topological polar surface area (TPSA) is 84.7 Å². The first-order valence-electron chi connectivity index (χ1n) is 5.42. The van der Waals surface area contributed by atoms with Crippen LogP contribution >= 0.6 is 0 Å². The van der Waals surface area contributed by atoms with Gasteiger partial charge < -0.3 is 5.32 Å². The van der Waals surface area contributed by atoms with Crippen molar-refractivity contribution >= 4 is 17.7 Å². The van der Waals surface area contributed by atoms with Gasteiger partial charge in [0.05, 0.1) is 0 Å². The van der Waals surface area contributed by atoms with Gasteiger partial charge in [-0.2, -0.15) is 10.1 Å². The number of aryl methyl sites for hydroxylation is 2. The minimum absolute atomic E-state index is 0.242. The van der Waals surface area contributed by atoms with E-state index in [1.165, 1.54) is 11.0 Å². The molecule has 0 aliphatic heterocycles. The molecular formula is C11H14N6O. The normalized spacial score (nSPS) is 10.2. The van der Waals surface area contributed by atoms with E-state index in [1.807, 2.05) is 6.92 Å². The zero-order valence-corrected chi connectivity index (χ0v) is 10.4. The number of carbonyl (C=O) groups excluding carboxylic acids is 1. The highest BCUT2D eigenvalue weighted by Gasteiger charge is 2.11. The third-order valence-electron chi connectivity index (χ3n) is 2.41. The average molecular weight is 246 g/mol. The van der Waals surface area contributed by atoms with Crippen LogP contribution in [0.3, 0.4) is 0 Å². The zero-order chi connectivity index (χ0) is 13.1. The molecule has 0 bridgehead atoms. The van der Waals surface area contributed by atoms with Crippen LogP contribution in [0.5, 0.6) is 0 Å². The van der Waals surface area contributed by atoms with E-state index in [9.17, 15) is 4.79 Å². The standard InChI is InChI=1S/C11H14N6O/c1-7-4-8(5-9(12-2)15-7)10(18)16-11-13-6-14-17(11)3/h4-6H,1-3H3,(H,12,15)(H,13,14,16,18). The fourth-order valence-corrected chi connectivity index (χ4v) is 1.51. The number of nitrogens with zero attached hydrogens (tertiary/aromatic N) is 4. The molecule has 2 N–H and O–H groups in total. The molecule has 94 valence electrons. The van der Waals surface area contributed by atoms with E-state index >= 15 is 0 Å². The first kappa shape index (κ1) is 12.0. The predicted octanol–water partition coefficient (Wildman–Crippen LogP) is 0.813. The molecule has 1 amide bonds. The summed E-state index contributed by atoms with van der Waals surface area (Å²) >= 11 is 0. The number of pyridine rings is 1. The fourth-order valence-electron chi connectivity index (χ4n) is 1.51. The molecule has 0 atom stereocenters. The minimum atomic E-state index is -0.242. The predicted molar refractivity (Wildman–Crippen MR) is 67.5 cm³/mol. The smallest absolute Gasteiger partial charge is 0.258 e. The molecule has 2 aromatic heterocycles. The van der Waals surface area contributed by atoms with Crippen LogP contribution < -0.4 is 10.6 Å². The molecule has 0 unspecified atom stereocenters. The van der Waals surface area contributed by atoms with Gasteiger partial charge >= 0.3 is 0 Å². The maximum Gasteiger partial charge on any atom is 0.258 e. The van der Waals surface area contributed by atoms with E-state index in [0.29, 0.717) is 17.3 Å². The van der Waals surface area contributed by atoms with Gasteiger partial charge in [-0.25, -0.2) is 9.67 Å². The molecule has 0 aliphatic carbocycles. The Labute approximate surface area is 104 Å². The van der Waals surface area contributed by atoms with Crippen molar-refractivity contribution in [2.24, 2.45) is 7.05 Å². The van der Waals surface area contributed by atoms with Crippen LogP contribution in [0.25, 0.3) is 0 Å². The van der Waals surface area contributed by atoms with E-state index < -0.39 is 0 Å². The van der Waals surface area contributed by atoms with Gasteiger partial charge in [-0.3, -0.25) is 10.1 Å². The van der Waals surface area contributed by atoms with E-state index in [0.717, 1.165) is 5.69 Å². The van der Waals surface area contributed by atoms with Gasteiger partial charge in [0.25, 0.3) is 5.91 Å². The van der Waals surface area contributed by atoms with Crippen molar-refractivity contribution in [1.82, 2.24) is 19.7 Å². The first-order valence-corrected chi connectivity index (χ1v) is 5.42. The summed E-state index contributed by atoms with van der Waals surface area (Å²) < 4.78 is 1.49. The number of hydrogen-bond acceptors (Lipinski definition) is 5. The maximum absolute atomic E-state index is 12.0. The zero-order valence-electron chi connectivity index (χ0n) is 10.4. The summed E-state index contributed by atoms with van der Waals surface area (Å²) in [5.74, 6) is 0.812. The third kappa shape index (κ3) is 2.45. The van der Waals surface area contributed by atoms with Crippen molar-refractivity contribution in [2.45, 2.75) is 6.92 Å². The molecule has 18 heavy (non-hydrogen) atoms. The molecule has 2 heterocycles. The Kier molecular flexibility index (Phi) is 3.22. The molecule has 2 rings (SSSR count). The van der Waals surface area contributed by atoms with Crippen molar-refractivity contribution in [3.05, 3.63) is 29.7 Å². The van der Waals surface area contributed by atoms with E-state index in [2.05, 4.69) is 25.7 Å². The van der Waals surface area contributed by atoms with Gasteiger partial charge in [0.2, 0.25) is 5.95 Å². The van der Waals surface area contributed by atoms with E-state index in [-0.39, 0.29) is 5.91 Å². The van der Waals surface area contributed by atoms with E-state index in [1.54, 1.807) is 26.2 Å². The third-order valence-corrected chi connectivity index (χ3v) is 2.41. The Morgan fingerprint density at radius 1 is 1.39 bits per heavy atom. The van der Waals surface area contributed by atoms with Crippen molar-refractivity contribution in [1.29, 1.82) is 0 Å². The molecule has 7 heteroatoms. The number of nitrogens with one attached hydrogen (secondary N) is 2. The lowest BCUT2D eigenvalue weighted by Gasteiger charge is -2.07. The van der Waals surface area contributed by atoms with Gasteiger partial charge in [-0.15, -0.1) is 0 Å². The van der Waals surface area contributed by atoms with Crippen LogP contribution in [-0.4, -0.2) is 32.7 Å². The Bertz CT molecular complexity index is 577. The lowest BCUT2D eigenvalue weighted by Crippen LogP contribution is -2.16. The van der Waals surface area contributed by atoms with Crippen LogP contribution in [0.4, 0.5) is 11.8 Å². The SMILES string of the molecule is CNc1cc(C(=O)Nc2ncnn2C)cc(C)n1. The summed E-state index contributed by atoms with van der Waals surface area (Å²) in [6.07, 6.45) is 1.38. The quantitative estimate of drug-likeness (QED) is 0.837. The van der Waals surface area contributed by atoms with Crippen LogP contribution in [-0.2, 0) is 7.05 Å². The highest BCUT2D eigenvalue weighted by atomic mass is 16.1. The van der Waals surface area contributed by atoms with Crippen LogP contribution in [0.15, 0.2) is 18.5 Å². The van der Waals surface area contributed by atoms with Crippen molar-refractivity contribution in [2.75, 3.05) is 17.7 Å². The Morgan fingerprint density at radius 2 is 2.17 bits per heavy atom. The molecule has 0 aliphatic rings. The lowest BCUT2D eigenvalue weighted by atomic mass is 10.2. The number of amides is 1. The fraction of sp³-hybridized carbons (Fsp3) is 0.273. The average Bonchev–Trinajstić information content (AvgIpc) is 2.74. The Hall–Kier alpha value is -2.44. The van der Waals surface area contributed by atoms with Gasteiger partial charge in [-0.1, -0.05) is 0 Å². The van der Waals surface area contributed by atoms with Gasteiger partial charge in [0.1, 0.15) is 12.1 Å². The summed E-state index contributed by atoms with van der Waals surface area (Å²) in [6.45, 7) is 1.83. The van der Waals surface area contributed by atoms with Crippen LogP contribution in [0.1, 0.15) is 16.1 Å². The molecule has 2 aromatic rings. The monoisotopic (exact) mass is 246 g/mol. The van der Waals surface area contributed by atoms with Gasteiger partial charge in [-0.05, 0) is 19.1 Å². The van der Waals surface area contributed by atoms with Crippen LogP contribution in [0, 0.1) is 6.92 Å². The van der Waals surface area contributed by atoms with Gasteiger partial charge in [0.15, 0.2) is 0 Å². The second-order valence-electron chi connectivity index (χ2n) is 3.79. The number of aromatic nitrogens is 4.